The van der Waals surface area contributed by atoms with Crippen LogP contribution < -0.4 is 5.32 Å². The van der Waals surface area contributed by atoms with Crippen molar-refractivity contribution in [2.24, 2.45) is 0 Å². The third kappa shape index (κ3) is 3.20. The molecule has 1 aromatic carbocycles. The lowest BCUT2D eigenvalue weighted by atomic mass is 10.1. The Morgan fingerprint density at radius 2 is 2.05 bits per heavy atom. The number of furan rings is 1. The number of halogens is 3. The molecular formula is C13H10BrF2NO2. The predicted octanol–water partition coefficient (Wildman–Crippen LogP) is 3.81. The van der Waals surface area contributed by atoms with Gasteiger partial charge in [0.1, 0.15) is 11.6 Å². The maximum absolute atomic E-state index is 13.5. The van der Waals surface area contributed by atoms with E-state index in [2.05, 4.69) is 21.2 Å². The molecule has 2 aromatic rings. The Morgan fingerprint density at radius 3 is 2.68 bits per heavy atom. The second-order valence-electron chi connectivity index (χ2n) is 3.96. The molecule has 1 unspecified atom stereocenters. The SMILES string of the molecule is CC(NC(=O)c1ccc(Br)o1)c1cc(F)ccc1F. The first kappa shape index (κ1) is 13.7. The van der Waals surface area contributed by atoms with Crippen molar-refractivity contribution >= 4 is 21.8 Å². The number of hydrogen-bond donors (Lipinski definition) is 1. The van der Waals surface area contributed by atoms with Crippen LogP contribution in [0.15, 0.2) is 39.4 Å². The van der Waals surface area contributed by atoms with Gasteiger partial charge in [0.2, 0.25) is 0 Å². The highest BCUT2D eigenvalue weighted by Gasteiger charge is 2.17. The minimum absolute atomic E-state index is 0.0824. The zero-order chi connectivity index (χ0) is 14.0. The largest absolute Gasteiger partial charge is 0.444 e. The van der Waals surface area contributed by atoms with Gasteiger partial charge >= 0.3 is 0 Å². The maximum atomic E-state index is 13.5. The van der Waals surface area contributed by atoms with E-state index in [0.29, 0.717) is 4.67 Å². The molecule has 0 fully saturated rings. The number of benzene rings is 1. The molecule has 19 heavy (non-hydrogen) atoms. The molecule has 100 valence electrons. The van der Waals surface area contributed by atoms with Crippen LogP contribution in [-0.4, -0.2) is 5.91 Å². The Balaban J connectivity index is 2.14. The van der Waals surface area contributed by atoms with Gasteiger partial charge in [-0.2, -0.15) is 0 Å². The van der Waals surface area contributed by atoms with Crippen molar-refractivity contribution in [1.29, 1.82) is 0 Å². The molecule has 1 amide bonds. The van der Waals surface area contributed by atoms with E-state index in [1.165, 1.54) is 6.07 Å². The lowest BCUT2D eigenvalue weighted by molar-refractivity contribution is 0.0910. The molecule has 0 radical (unpaired) electrons. The highest BCUT2D eigenvalue weighted by atomic mass is 79.9. The molecule has 0 bridgehead atoms. The summed E-state index contributed by atoms with van der Waals surface area (Å²) in [6.07, 6.45) is 0. The minimum Gasteiger partial charge on any atom is -0.444 e. The van der Waals surface area contributed by atoms with Gasteiger partial charge in [0, 0.05) is 5.56 Å². The molecule has 3 nitrogen and oxygen atoms in total. The molecular weight excluding hydrogens is 320 g/mol. The smallest absolute Gasteiger partial charge is 0.287 e. The molecule has 0 saturated heterocycles. The van der Waals surface area contributed by atoms with Gasteiger partial charge in [0.05, 0.1) is 6.04 Å². The van der Waals surface area contributed by atoms with Gasteiger partial charge in [-0.15, -0.1) is 0 Å². The average molecular weight is 330 g/mol. The van der Waals surface area contributed by atoms with Gasteiger partial charge in [0.25, 0.3) is 5.91 Å². The van der Waals surface area contributed by atoms with Crippen molar-refractivity contribution in [2.75, 3.05) is 0 Å². The molecule has 1 N–H and O–H groups in total. The Morgan fingerprint density at radius 1 is 1.32 bits per heavy atom. The first-order valence-corrected chi connectivity index (χ1v) is 6.28. The number of nitrogens with one attached hydrogen (secondary N) is 1. The van der Waals surface area contributed by atoms with Crippen LogP contribution in [0.2, 0.25) is 0 Å². The van der Waals surface area contributed by atoms with Gasteiger partial charge < -0.3 is 9.73 Å². The zero-order valence-corrected chi connectivity index (χ0v) is 11.5. The molecule has 2 rings (SSSR count). The van der Waals surface area contributed by atoms with Gasteiger partial charge in [-0.3, -0.25) is 4.79 Å². The van der Waals surface area contributed by atoms with E-state index in [1.807, 2.05) is 0 Å². The summed E-state index contributed by atoms with van der Waals surface area (Å²) >= 11 is 3.08. The summed E-state index contributed by atoms with van der Waals surface area (Å²) in [6.45, 7) is 1.56. The van der Waals surface area contributed by atoms with Crippen molar-refractivity contribution in [2.45, 2.75) is 13.0 Å². The van der Waals surface area contributed by atoms with E-state index >= 15 is 0 Å². The third-order valence-corrected chi connectivity index (χ3v) is 3.00. The van der Waals surface area contributed by atoms with Crippen LogP contribution in [0.25, 0.3) is 0 Å². The highest BCUT2D eigenvalue weighted by molar-refractivity contribution is 9.10. The number of carbonyl (C=O) groups excluding carboxylic acids is 1. The summed E-state index contributed by atoms with van der Waals surface area (Å²) in [5.41, 5.74) is 0.0824. The van der Waals surface area contributed by atoms with E-state index in [4.69, 9.17) is 4.42 Å². The summed E-state index contributed by atoms with van der Waals surface area (Å²) < 4.78 is 32.1. The Kier molecular flexibility index (Phi) is 3.99. The summed E-state index contributed by atoms with van der Waals surface area (Å²) in [6, 6.07) is 5.48. The fourth-order valence-electron chi connectivity index (χ4n) is 1.63. The number of carbonyl (C=O) groups is 1. The average Bonchev–Trinajstić information content (AvgIpc) is 2.79. The normalized spacial score (nSPS) is 12.2. The number of hydrogen-bond acceptors (Lipinski definition) is 2. The first-order chi connectivity index (χ1) is 8.97. The van der Waals surface area contributed by atoms with Crippen molar-refractivity contribution in [3.63, 3.8) is 0 Å². The van der Waals surface area contributed by atoms with Crippen LogP contribution in [-0.2, 0) is 0 Å². The molecule has 6 heteroatoms. The van der Waals surface area contributed by atoms with E-state index in [1.54, 1.807) is 13.0 Å². The van der Waals surface area contributed by atoms with Crippen LogP contribution >= 0.6 is 15.9 Å². The molecule has 0 aliphatic rings. The van der Waals surface area contributed by atoms with Crippen LogP contribution in [0.3, 0.4) is 0 Å². The molecule has 1 aromatic heterocycles. The van der Waals surface area contributed by atoms with Crippen LogP contribution in [0.1, 0.15) is 29.1 Å². The third-order valence-electron chi connectivity index (χ3n) is 2.57. The number of amides is 1. The first-order valence-electron chi connectivity index (χ1n) is 5.48. The topological polar surface area (TPSA) is 42.2 Å². The van der Waals surface area contributed by atoms with Gasteiger partial charge in [-0.1, -0.05) is 0 Å². The minimum atomic E-state index is -0.674. The lowest BCUT2D eigenvalue weighted by Gasteiger charge is -2.14. The molecule has 1 atom stereocenters. The van der Waals surface area contributed by atoms with Crippen molar-refractivity contribution in [3.05, 3.63) is 58.0 Å². The van der Waals surface area contributed by atoms with E-state index in [-0.39, 0.29) is 11.3 Å². The Labute approximate surface area is 116 Å². The molecule has 0 aliphatic carbocycles. The fourth-order valence-corrected chi connectivity index (χ4v) is 1.93. The summed E-state index contributed by atoms with van der Waals surface area (Å²) in [5.74, 6) is -1.54. The molecule has 1 heterocycles. The lowest BCUT2D eigenvalue weighted by Crippen LogP contribution is -2.27. The second-order valence-corrected chi connectivity index (χ2v) is 4.75. The molecule has 0 aliphatic heterocycles. The van der Waals surface area contributed by atoms with Gasteiger partial charge in [-0.25, -0.2) is 8.78 Å². The number of rotatable bonds is 3. The van der Waals surface area contributed by atoms with Gasteiger partial charge in [-0.05, 0) is 53.2 Å². The van der Waals surface area contributed by atoms with Gasteiger partial charge in [0.15, 0.2) is 10.4 Å². The molecule has 0 saturated carbocycles. The quantitative estimate of drug-likeness (QED) is 0.930. The van der Waals surface area contributed by atoms with E-state index in [9.17, 15) is 13.6 Å². The van der Waals surface area contributed by atoms with Crippen molar-refractivity contribution in [1.82, 2.24) is 5.32 Å². The second kappa shape index (κ2) is 5.52. The van der Waals surface area contributed by atoms with Crippen LogP contribution in [0, 0.1) is 11.6 Å². The zero-order valence-electron chi connectivity index (χ0n) is 9.91. The highest BCUT2D eigenvalue weighted by Crippen LogP contribution is 2.19. The van der Waals surface area contributed by atoms with Crippen LogP contribution in [0.5, 0.6) is 0 Å². The maximum Gasteiger partial charge on any atom is 0.287 e. The standard InChI is InChI=1S/C13H10BrF2NO2/c1-7(9-6-8(15)2-3-10(9)16)17-13(18)11-4-5-12(14)19-11/h2-7H,1H3,(H,17,18). The predicted molar refractivity (Wildman–Crippen MR) is 68.6 cm³/mol. The fraction of sp³-hybridized carbons (Fsp3) is 0.154. The summed E-state index contributed by atoms with van der Waals surface area (Å²) in [7, 11) is 0. The monoisotopic (exact) mass is 329 g/mol. The summed E-state index contributed by atoms with van der Waals surface area (Å²) in [5, 5.41) is 2.53. The Hall–Kier alpha value is -1.69. The van der Waals surface area contributed by atoms with E-state index < -0.39 is 23.6 Å². The molecule has 0 spiro atoms. The van der Waals surface area contributed by atoms with Crippen LogP contribution in [0.4, 0.5) is 8.78 Å². The Bertz CT molecular complexity index is 612. The van der Waals surface area contributed by atoms with E-state index in [0.717, 1.165) is 18.2 Å². The van der Waals surface area contributed by atoms with Crippen molar-refractivity contribution < 1.29 is 18.0 Å². The summed E-state index contributed by atoms with van der Waals surface area (Å²) in [4.78, 5) is 11.8. The van der Waals surface area contributed by atoms with Crippen molar-refractivity contribution in [3.8, 4) is 0 Å².